The minimum atomic E-state index is -0.494. The third-order valence-corrected chi connectivity index (χ3v) is 6.82. The van der Waals surface area contributed by atoms with Gasteiger partial charge in [0.05, 0.1) is 27.8 Å². The van der Waals surface area contributed by atoms with Crippen molar-refractivity contribution >= 4 is 63.5 Å². The summed E-state index contributed by atoms with van der Waals surface area (Å²) in [5, 5.41) is 0.305. The van der Waals surface area contributed by atoms with Crippen molar-refractivity contribution in [3.63, 3.8) is 0 Å². The zero-order valence-corrected chi connectivity index (χ0v) is 20.6. The Kier molecular flexibility index (Phi) is 6.74. The number of carbonyl (C=O) groups is 2. The van der Waals surface area contributed by atoms with Gasteiger partial charge < -0.3 is 9.15 Å². The van der Waals surface area contributed by atoms with Crippen LogP contribution in [0.5, 0.6) is 0 Å². The van der Waals surface area contributed by atoms with E-state index >= 15 is 0 Å². The van der Waals surface area contributed by atoms with Crippen molar-refractivity contribution < 1.29 is 18.7 Å². The Labute approximate surface area is 206 Å². The minimum Gasteiger partial charge on any atom is -0.462 e. The molecule has 8 heteroatoms. The highest BCUT2D eigenvalue weighted by atomic mass is 35.5. The number of nitrogens with zero attached hydrogens (tertiary/aromatic N) is 1. The summed E-state index contributed by atoms with van der Waals surface area (Å²) in [6, 6.07) is 14.4. The molecule has 4 rings (SSSR count). The Balaban J connectivity index is 1.60. The van der Waals surface area contributed by atoms with Gasteiger partial charge in [0, 0.05) is 11.6 Å². The molecular formula is C25H20ClNO4S2. The average Bonchev–Trinajstić information content (AvgIpc) is 3.35. The van der Waals surface area contributed by atoms with E-state index < -0.39 is 5.97 Å². The Bertz CT molecular complexity index is 1310. The maximum atomic E-state index is 13.1. The number of benzene rings is 2. The van der Waals surface area contributed by atoms with E-state index in [1.807, 2.05) is 32.0 Å². The van der Waals surface area contributed by atoms with Gasteiger partial charge in [0.25, 0.3) is 5.91 Å². The second-order valence-electron chi connectivity index (χ2n) is 7.40. The molecule has 0 N–H and O–H groups in total. The highest BCUT2D eigenvalue weighted by Crippen LogP contribution is 2.37. The summed E-state index contributed by atoms with van der Waals surface area (Å²) in [4.78, 5) is 27.2. The number of thioether (sulfide) groups is 1. The molecule has 1 amide bonds. The normalized spacial score (nSPS) is 14.9. The van der Waals surface area contributed by atoms with E-state index in [0.717, 1.165) is 16.8 Å². The van der Waals surface area contributed by atoms with Crippen molar-refractivity contribution in [2.75, 3.05) is 11.5 Å². The van der Waals surface area contributed by atoms with Gasteiger partial charge in [-0.15, -0.1) is 0 Å². The first-order chi connectivity index (χ1) is 15.8. The molecule has 1 aliphatic heterocycles. The van der Waals surface area contributed by atoms with Gasteiger partial charge in [-0.25, -0.2) is 4.79 Å². The molecule has 168 valence electrons. The summed E-state index contributed by atoms with van der Waals surface area (Å²) in [5.74, 6) is 0.347. The summed E-state index contributed by atoms with van der Waals surface area (Å²) >= 11 is 12.8. The number of halogens is 1. The van der Waals surface area contributed by atoms with Gasteiger partial charge in [-0.3, -0.25) is 9.69 Å². The molecule has 0 radical (unpaired) electrons. The summed E-state index contributed by atoms with van der Waals surface area (Å²) in [6.45, 7) is 6.01. The first-order valence-electron chi connectivity index (χ1n) is 10.2. The van der Waals surface area contributed by atoms with Crippen molar-refractivity contribution in [2.24, 2.45) is 0 Å². The van der Waals surface area contributed by atoms with Crippen molar-refractivity contribution in [3.05, 3.63) is 80.9 Å². The predicted molar refractivity (Wildman–Crippen MR) is 137 cm³/mol. The number of amides is 1. The van der Waals surface area contributed by atoms with E-state index in [4.69, 9.17) is 33.0 Å². The number of thiocarbonyl (C=S) groups is 1. The first kappa shape index (κ1) is 23.3. The standard InChI is InChI=1S/C25H20ClNO4S2/c1-4-30-24(29)19-12-16(6-9-20(19)26)21-10-8-18(31-21)13-22-23(28)27(25(32)33-22)17-7-5-14(2)15(3)11-17/h5-13H,4H2,1-3H3/b22-13+. The minimum absolute atomic E-state index is 0.192. The van der Waals surface area contributed by atoms with Crippen LogP contribution in [-0.2, 0) is 9.53 Å². The molecule has 1 aromatic heterocycles. The maximum Gasteiger partial charge on any atom is 0.339 e. The number of aryl methyl sites for hydroxylation is 2. The molecule has 1 fully saturated rings. The van der Waals surface area contributed by atoms with Crippen LogP contribution in [0.2, 0.25) is 5.02 Å². The molecule has 0 bridgehead atoms. The molecule has 3 aromatic rings. The fraction of sp³-hybridized carbons (Fsp3) is 0.160. The molecule has 1 saturated heterocycles. The highest BCUT2D eigenvalue weighted by molar-refractivity contribution is 8.27. The van der Waals surface area contributed by atoms with Crippen LogP contribution in [-0.4, -0.2) is 22.8 Å². The molecule has 2 aromatic carbocycles. The van der Waals surface area contributed by atoms with Gasteiger partial charge in [0.15, 0.2) is 4.32 Å². The summed E-state index contributed by atoms with van der Waals surface area (Å²) in [5.41, 5.74) is 3.92. The van der Waals surface area contributed by atoms with Gasteiger partial charge in [-0.1, -0.05) is 41.6 Å². The van der Waals surface area contributed by atoms with Crippen LogP contribution < -0.4 is 4.90 Å². The number of rotatable bonds is 5. The van der Waals surface area contributed by atoms with E-state index in [1.54, 1.807) is 43.3 Å². The van der Waals surface area contributed by atoms with Gasteiger partial charge in [-0.2, -0.15) is 0 Å². The SMILES string of the molecule is CCOC(=O)c1cc(-c2ccc(/C=C3/SC(=S)N(c4ccc(C)c(C)c4)C3=O)o2)ccc1Cl. The number of furan rings is 1. The van der Waals surface area contributed by atoms with Gasteiger partial charge in [0.2, 0.25) is 0 Å². The number of hydrogen-bond donors (Lipinski definition) is 0. The zero-order valence-electron chi connectivity index (χ0n) is 18.2. The lowest BCUT2D eigenvalue weighted by molar-refractivity contribution is -0.113. The quantitative estimate of drug-likeness (QED) is 0.219. The van der Waals surface area contributed by atoms with E-state index in [2.05, 4.69) is 0 Å². The van der Waals surface area contributed by atoms with Crippen molar-refractivity contribution in [3.8, 4) is 11.3 Å². The van der Waals surface area contributed by atoms with Crippen molar-refractivity contribution in [1.82, 2.24) is 0 Å². The molecule has 0 aliphatic carbocycles. The Morgan fingerprint density at radius 2 is 1.94 bits per heavy atom. The lowest BCUT2D eigenvalue weighted by Crippen LogP contribution is -2.27. The summed E-state index contributed by atoms with van der Waals surface area (Å²) in [7, 11) is 0. The predicted octanol–water partition coefficient (Wildman–Crippen LogP) is 6.80. The Morgan fingerprint density at radius 3 is 2.67 bits per heavy atom. The van der Waals surface area contributed by atoms with E-state index in [9.17, 15) is 9.59 Å². The fourth-order valence-corrected chi connectivity index (χ4v) is 4.79. The fourth-order valence-electron chi connectivity index (χ4n) is 3.31. The largest absolute Gasteiger partial charge is 0.462 e. The number of carbonyl (C=O) groups excluding carboxylic acids is 2. The molecular weight excluding hydrogens is 478 g/mol. The van der Waals surface area contributed by atoms with Crippen molar-refractivity contribution in [1.29, 1.82) is 0 Å². The van der Waals surface area contributed by atoms with Gasteiger partial charge >= 0.3 is 5.97 Å². The molecule has 2 heterocycles. The third-order valence-electron chi connectivity index (χ3n) is 5.19. The molecule has 5 nitrogen and oxygen atoms in total. The molecule has 0 atom stereocenters. The lowest BCUT2D eigenvalue weighted by atomic mass is 10.1. The summed E-state index contributed by atoms with van der Waals surface area (Å²) in [6.07, 6.45) is 1.67. The van der Waals surface area contributed by atoms with Gasteiger partial charge in [-0.05, 0) is 74.4 Å². The number of hydrogen-bond acceptors (Lipinski definition) is 6. The van der Waals surface area contributed by atoms with Crippen LogP contribution in [0.4, 0.5) is 5.69 Å². The molecule has 0 unspecified atom stereocenters. The Hall–Kier alpha value is -2.87. The smallest absolute Gasteiger partial charge is 0.339 e. The first-order valence-corrected chi connectivity index (χ1v) is 11.8. The maximum absolute atomic E-state index is 13.1. The second-order valence-corrected chi connectivity index (χ2v) is 9.49. The molecule has 0 saturated carbocycles. The monoisotopic (exact) mass is 497 g/mol. The zero-order chi connectivity index (χ0) is 23.7. The number of ether oxygens (including phenoxy) is 1. The molecule has 33 heavy (non-hydrogen) atoms. The van der Waals surface area contributed by atoms with Crippen LogP contribution in [0.25, 0.3) is 17.4 Å². The second kappa shape index (κ2) is 9.55. The van der Waals surface area contributed by atoms with Crippen LogP contribution in [0, 0.1) is 13.8 Å². The lowest BCUT2D eigenvalue weighted by Gasteiger charge is -2.15. The van der Waals surface area contributed by atoms with E-state index in [0.29, 0.717) is 31.3 Å². The molecule has 1 aliphatic rings. The van der Waals surface area contributed by atoms with Crippen molar-refractivity contribution in [2.45, 2.75) is 20.8 Å². The Morgan fingerprint density at radius 1 is 1.15 bits per heavy atom. The van der Waals surface area contributed by atoms with Crippen LogP contribution in [0.1, 0.15) is 34.2 Å². The van der Waals surface area contributed by atoms with E-state index in [-0.39, 0.29) is 18.1 Å². The highest BCUT2D eigenvalue weighted by Gasteiger charge is 2.33. The average molecular weight is 498 g/mol. The topological polar surface area (TPSA) is 59.8 Å². The summed E-state index contributed by atoms with van der Waals surface area (Å²) < 4.78 is 11.5. The number of anilines is 1. The van der Waals surface area contributed by atoms with Crippen LogP contribution in [0.15, 0.2) is 57.9 Å². The molecule has 0 spiro atoms. The van der Waals surface area contributed by atoms with Crippen LogP contribution in [0.3, 0.4) is 0 Å². The number of esters is 1. The third kappa shape index (κ3) is 4.76. The van der Waals surface area contributed by atoms with Crippen LogP contribution >= 0.6 is 35.6 Å². The van der Waals surface area contributed by atoms with Gasteiger partial charge in [0.1, 0.15) is 11.5 Å². The van der Waals surface area contributed by atoms with E-state index in [1.165, 1.54) is 16.7 Å².